The second-order valence-corrected chi connectivity index (χ2v) is 4.93. The Bertz CT molecular complexity index is 425. The molecule has 0 saturated heterocycles. The summed E-state index contributed by atoms with van der Waals surface area (Å²) in [5.74, 6) is -0.198. The Morgan fingerprint density at radius 3 is 2.78 bits per heavy atom. The number of hydrogen-bond acceptors (Lipinski definition) is 3. The third-order valence-electron chi connectivity index (χ3n) is 2.28. The van der Waals surface area contributed by atoms with Crippen LogP contribution in [0.25, 0.3) is 0 Å². The molecule has 0 aromatic carbocycles. The second kappa shape index (κ2) is 6.92. The number of amides is 1. The molecular formula is C12H16Cl2N2O2. The zero-order chi connectivity index (χ0) is 13.7. The predicted octanol–water partition coefficient (Wildman–Crippen LogP) is 2.89. The Hall–Kier alpha value is -0.840. The minimum atomic E-state index is -0.198. The van der Waals surface area contributed by atoms with Crippen LogP contribution in [0.15, 0.2) is 12.3 Å². The van der Waals surface area contributed by atoms with Gasteiger partial charge in [-0.3, -0.25) is 4.79 Å². The van der Waals surface area contributed by atoms with Gasteiger partial charge in [-0.25, -0.2) is 4.98 Å². The molecule has 0 saturated carbocycles. The van der Waals surface area contributed by atoms with Crippen molar-refractivity contribution in [3.05, 3.63) is 28.0 Å². The Labute approximate surface area is 117 Å². The van der Waals surface area contributed by atoms with E-state index in [-0.39, 0.29) is 17.2 Å². The number of likely N-dealkylation sites (N-methyl/N-ethyl adjacent to an activating group) is 1. The predicted molar refractivity (Wildman–Crippen MR) is 72.3 cm³/mol. The smallest absolute Gasteiger partial charge is 0.255 e. The third-order valence-corrected chi connectivity index (χ3v) is 2.78. The van der Waals surface area contributed by atoms with Gasteiger partial charge >= 0.3 is 0 Å². The molecule has 100 valence electrons. The molecule has 4 nitrogen and oxygen atoms in total. The van der Waals surface area contributed by atoms with E-state index in [0.29, 0.717) is 23.7 Å². The summed E-state index contributed by atoms with van der Waals surface area (Å²) in [5.41, 5.74) is 0.351. The van der Waals surface area contributed by atoms with Crippen LogP contribution in [0, 0.1) is 0 Å². The monoisotopic (exact) mass is 290 g/mol. The van der Waals surface area contributed by atoms with Gasteiger partial charge in [0.25, 0.3) is 5.91 Å². The van der Waals surface area contributed by atoms with Crippen LogP contribution >= 0.6 is 23.2 Å². The van der Waals surface area contributed by atoms with Crippen LogP contribution in [-0.2, 0) is 4.74 Å². The average molecular weight is 291 g/mol. The summed E-state index contributed by atoms with van der Waals surface area (Å²) in [4.78, 5) is 17.4. The Balaban J connectivity index is 2.65. The second-order valence-electron chi connectivity index (χ2n) is 4.13. The number of halogens is 2. The average Bonchev–Trinajstić information content (AvgIpc) is 2.30. The van der Waals surface area contributed by atoms with Crippen molar-refractivity contribution >= 4 is 29.1 Å². The van der Waals surface area contributed by atoms with E-state index in [9.17, 15) is 4.79 Å². The van der Waals surface area contributed by atoms with Crippen molar-refractivity contribution in [1.82, 2.24) is 9.88 Å². The quantitative estimate of drug-likeness (QED) is 0.783. The summed E-state index contributed by atoms with van der Waals surface area (Å²) >= 11 is 11.7. The summed E-state index contributed by atoms with van der Waals surface area (Å²) < 4.78 is 5.39. The van der Waals surface area contributed by atoms with Crippen LogP contribution < -0.4 is 0 Å². The lowest BCUT2D eigenvalue weighted by Crippen LogP contribution is -2.31. The number of carbonyl (C=O) groups is 1. The minimum Gasteiger partial charge on any atom is -0.377 e. The first-order chi connectivity index (χ1) is 8.41. The molecule has 1 rings (SSSR count). The van der Waals surface area contributed by atoms with E-state index < -0.39 is 0 Å². The maximum Gasteiger partial charge on any atom is 0.255 e. The number of hydrogen-bond donors (Lipinski definition) is 0. The number of aromatic nitrogens is 1. The van der Waals surface area contributed by atoms with Gasteiger partial charge in [0, 0.05) is 19.8 Å². The Kier molecular flexibility index (Phi) is 5.85. The first-order valence-electron chi connectivity index (χ1n) is 5.60. The van der Waals surface area contributed by atoms with Gasteiger partial charge in [0.2, 0.25) is 0 Å². The highest BCUT2D eigenvalue weighted by Gasteiger charge is 2.16. The van der Waals surface area contributed by atoms with Crippen molar-refractivity contribution in [2.24, 2.45) is 0 Å². The minimum absolute atomic E-state index is 0.146. The first kappa shape index (κ1) is 15.2. The summed E-state index contributed by atoms with van der Waals surface area (Å²) in [7, 11) is 1.69. The summed E-state index contributed by atoms with van der Waals surface area (Å²) in [6.07, 6.45) is 1.52. The topological polar surface area (TPSA) is 42.4 Å². The SMILES string of the molecule is CC(C)OCCN(C)C(=O)c1cc(Cl)ncc1Cl. The van der Waals surface area contributed by atoms with E-state index in [1.807, 2.05) is 13.8 Å². The van der Waals surface area contributed by atoms with Gasteiger partial charge in [-0.15, -0.1) is 0 Å². The normalized spacial score (nSPS) is 10.8. The van der Waals surface area contributed by atoms with E-state index in [0.717, 1.165) is 0 Å². The fourth-order valence-corrected chi connectivity index (χ4v) is 1.65. The van der Waals surface area contributed by atoms with Gasteiger partial charge in [-0.1, -0.05) is 23.2 Å². The maximum atomic E-state index is 12.1. The van der Waals surface area contributed by atoms with E-state index in [1.54, 1.807) is 11.9 Å². The van der Waals surface area contributed by atoms with Crippen LogP contribution in [0.2, 0.25) is 10.2 Å². The first-order valence-corrected chi connectivity index (χ1v) is 6.35. The van der Waals surface area contributed by atoms with Crippen molar-refractivity contribution < 1.29 is 9.53 Å². The fourth-order valence-electron chi connectivity index (χ4n) is 1.31. The van der Waals surface area contributed by atoms with E-state index >= 15 is 0 Å². The zero-order valence-corrected chi connectivity index (χ0v) is 12.1. The van der Waals surface area contributed by atoms with Crippen molar-refractivity contribution in [2.75, 3.05) is 20.2 Å². The van der Waals surface area contributed by atoms with Gasteiger partial charge in [0.05, 0.1) is 23.3 Å². The Morgan fingerprint density at radius 1 is 1.50 bits per heavy atom. The fraction of sp³-hybridized carbons (Fsp3) is 0.500. The largest absolute Gasteiger partial charge is 0.377 e. The number of carbonyl (C=O) groups excluding carboxylic acids is 1. The van der Waals surface area contributed by atoms with E-state index in [1.165, 1.54) is 12.3 Å². The molecule has 18 heavy (non-hydrogen) atoms. The van der Waals surface area contributed by atoms with Crippen molar-refractivity contribution in [3.63, 3.8) is 0 Å². The van der Waals surface area contributed by atoms with Crippen molar-refractivity contribution in [3.8, 4) is 0 Å². The van der Waals surface area contributed by atoms with E-state index in [4.69, 9.17) is 27.9 Å². The van der Waals surface area contributed by atoms with E-state index in [2.05, 4.69) is 4.98 Å². The molecule has 6 heteroatoms. The van der Waals surface area contributed by atoms with Gasteiger partial charge < -0.3 is 9.64 Å². The lowest BCUT2D eigenvalue weighted by atomic mass is 10.2. The lowest BCUT2D eigenvalue weighted by molar-refractivity contribution is 0.0532. The summed E-state index contributed by atoms with van der Waals surface area (Å²) in [6.45, 7) is 4.87. The zero-order valence-electron chi connectivity index (χ0n) is 10.6. The molecule has 0 aliphatic rings. The number of nitrogens with zero attached hydrogens (tertiary/aromatic N) is 2. The van der Waals surface area contributed by atoms with Gasteiger partial charge in [0.1, 0.15) is 5.15 Å². The van der Waals surface area contributed by atoms with Crippen LogP contribution in [0.5, 0.6) is 0 Å². The number of rotatable bonds is 5. The highest BCUT2D eigenvalue weighted by atomic mass is 35.5. The lowest BCUT2D eigenvalue weighted by Gasteiger charge is -2.18. The standard InChI is InChI=1S/C12H16Cl2N2O2/c1-8(2)18-5-4-16(3)12(17)9-6-11(14)15-7-10(9)13/h6-8H,4-5H2,1-3H3. The van der Waals surface area contributed by atoms with Crippen LogP contribution in [-0.4, -0.2) is 42.1 Å². The maximum absolute atomic E-state index is 12.1. The highest BCUT2D eigenvalue weighted by molar-refractivity contribution is 6.35. The molecule has 0 unspecified atom stereocenters. The molecule has 0 radical (unpaired) electrons. The molecule has 0 fully saturated rings. The van der Waals surface area contributed by atoms with Gasteiger partial charge in [0.15, 0.2) is 0 Å². The van der Waals surface area contributed by atoms with Crippen molar-refractivity contribution in [1.29, 1.82) is 0 Å². The molecular weight excluding hydrogens is 275 g/mol. The summed E-state index contributed by atoms with van der Waals surface area (Å²) in [6, 6.07) is 1.46. The molecule has 0 aliphatic heterocycles. The molecule has 0 spiro atoms. The molecule has 1 aromatic heterocycles. The summed E-state index contributed by atoms with van der Waals surface area (Å²) in [5, 5.41) is 0.538. The molecule has 1 heterocycles. The van der Waals surface area contributed by atoms with Gasteiger partial charge in [-0.05, 0) is 19.9 Å². The molecule has 0 aliphatic carbocycles. The third kappa shape index (κ3) is 4.44. The molecule has 1 amide bonds. The highest BCUT2D eigenvalue weighted by Crippen LogP contribution is 2.19. The molecule has 0 atom stereocenters. The molecule has 1 aromatic rings. The van der Waals surface area contributed by atoms with Crippen molar-refractivity contribution in [2.45, 2.75) is 20.0 Å². The molecule has 0 bridgehead atoms. The van der Waals surface area contributed by atoms with Crippen LogP contribution in [0.3, 0.4) is 0 Å². The van der Waals surface area contributed by atoms with Crippen LogP contribution in [0.4, 0.5) is 0 Å². The van der Waals surface area contributed by atoms with Crippen LogP contribution in [0.1, 0.15) is 24.2 Å². The number of ether oxygens (including phenoxy) is 1. The Morgan fingerprint density at radius 2 is 2.17 bits per heavy atom. The van der Waals surface area contributed by atoms with Gasteiger partial charge in [-0.2, -0.15) is 0 Å². The molecule has 0 N–H and O–H groups in total. The number of pyridine rings is 1.